The lowest BCUT2D eigenvalue weighted by molar-refractivity contribution is 0.139. The molecule has 1 atom stereocenters. The molecule has 0 saturated carbocycles. The Bertz CT molecular complexity index is 1300. The fourth-order valence-corrected chi connectivity index (χ4v) is 4.57. The lowest BCUT2D eigenvalue weighted by atomic mass is 10.1. The molecule has 1 amide bonds. The van der Waals surface area contributed by atoms with Crippen molar-refractivity contribution in [2.24, 2.45) is 0 Å². The molecular formula is C26H26FN5O2. The molecule has 4 aromatic rings. The Labute approximate surface area is 196 Å². The van der Waals surface area contributed by atoms with Crippen molar-refractivity contribution in [3.63, 3.8) is 0 Å². The maximum atomic E-state index is 13.5. The third-order valence-electron chi connectivity index (χ3n) is 6.30. The summed E-state index contributed by atoms with van der Waals surface area (Å²) in [6.45, 7) is 1.76. The molecular weight excluding hydrogens is 433 g/mol. The highest BCUT2D eigenvalue weighted by Gasteiger charge is 2.32. The fourth-order valence-electron chi connectivity index (χ4n) is 4.57. The summed E-state index contributed by atoms with van der Waals surface area (Å²) >= 11 is 0. The van der Waals surface area contributed by atoms with E-state index in [2.05, 4.69) is 14.9 Å². The minimum atomic E-state index is -0.916. The third-order valence-corrected chi connectivity index (χ3v) is 6.30. The predicted octanol–water partition coefficient (Wildman–Crippen LogP) is 5.31. The van der Waals surface area contributed by atoms with Crippen LogP contribution < -0.4 is 10.6 Å². The molecule has 4 N–H and O–H groups in total. The summed E-state index contributed by atoms with van der Waals surface area (Å²) in [7, 11) is 0. The van der Waals surface area contributed by atoms with E-state index in [0.29, 0.717) is 31.1 Å². The number of imidazole rings is 1. The number of hydrogen-bond donors (Lipinski definition) is 3. The molecule has 1 saturated heterocycles. The molecule has 1 aromatic heterocycles. The van der Waals surface area contributed by atoms with Crippen molar-refractivity contribution in [2.75, 3.05) is 17.2 Å². The number of H-pyrrole nitrogens is 1. The van der Waals surface area contributed by atoms with E-state index >= 15 is 0 Å². The van der Waals surface area contributed by atoms with Gasteiger partial charge in [-0.1, -0.05) is 18.2 Å². The van der Waals surface area contributed by atoms with Gasteiger partial charge in [-0.25, -0.2) is 14.2 Å². The van der Waals surface area contributed by atoms with Crippen LogP contribution in [0.3, 0.4) is 0 Å². The highest BCUT2D eigenvalue weighted by molar-refractivity contribution is 5.76. The van der Waals surface area contributed by atoms with Gasteiger partial charge in [0.2, 0.25) is 0 Å². The zero-order valence-corrected chi connectivity index (χ0v) is 18.6. The maximum absolute atomic E-state index is 13.5. The molecule has 0 spiro atoms. The van der Waals surface area contributed by atoms with Gasteiger partial charge in [0.15, 0.2) is 0 Å². The Balaban J connectivity index is 1.42. The lowest BCUT2D eigenvalue weighted by Gasteiger charge is -2.25. The molecule has 174 valence electrons. The number of halogens is 1. The van der Waals surface area contributed by atoms with Gasteiger partial charge in [-0.3, -0.25) is 4.90 Å². The van der Waals surface area contributed by atoms with Crippen molar-refractivity contribution in [3.8, 4) is 0 Å². The van der Waals surface area contributed by atoms with Crippen molar-refractivity contribution in [2.45, 2.75) is 32.0 Å². The van der Waals surface area contributed by atoms with Crippen LogP contribution in [0.25, 0.3) is 11.0 Å². The number of hydrogen-bond acceptors (Lipinski definition) is 4. The van der Waals surface area contributed by atoms with Gasteiger partial charge < -0.3 is 20.7 Å². The van der Waals surface area contributed by atoms with Gasteiger partial charge in [0.25, 0.3) is 0 Å². The van der Waals surface area contributed by atoms with Crippen LogP contribution >= 0.6 is 0 Å². The van der Waals surface area contributed by atoms with E-state index in [0.717, 1.165) is 40.7 Å². The number of rotatable bonds is 6. The number of aromatic amines is 1. The number of nitrogens with two attached hydrogens (primary N) is 1. The second kappa shape index (κ2) is 9.05. The first-order valence-electron chi connectivity index (χ1n) is 11.3. The maximum Gasteiger partial charge on any atom is 0.407 e. The second-order valence-electron chi connectivity index (χ2n) is 8.68. The summed E-state index contributed by atoms with van der Waals surface area (Å²) < 4.78 is 13.5. The average Bonchev–Trinajstić information content (AvgIpc) is 3.47. The van der Waals surface area contributed by atoms with Gasteiger partial charge in [0.1, 0.15) is 11.6 Å². The van der Waals surface area contributed by atoms with Crippen LogP contribution in [0, 0.1) is 5.82 Å². The minimum Gasteiger partial charge on any atom is -0.465 e. The van der Waals surface area contributed by atoms with Crippen LogP contribution in [0.4, 0.5) is 20.6 Å². The van der Waals surface area contributed by atoms with Crippen LogP contribution in [-0.4, -0.2) is 32.6 Å². The summed E-state index contributed by atoms with van der Waals surface area (Å²) in [5.74, 6) is 0.411. The van der Waals surface area contributed by atoms with Gasteiger partial charge >= 0.3 is 6.09 Å². The SMILES string of the molecule is Nc1ccc(CN(Cc2ccc3nc(C4CCCN4C(=O)O)[nH]c3c2)c2ccc(F)cc2)cc1. The van der Waals surface area contributed by atoms with E-state index in [4.69, 9.17) is 5.73 Å². The summed E-state index contributed by atoms with van der Waals surface area (Å²) in [6, 6.07) is 20.0. The molecule has 1 aliphatic heterocycles. The molecule has 1 unspecified atom stereocenters. The molecule has 0 aliphatic carbocycles. The van der Waals surface area contributed by atoms with E-state index < -0.39 is 6.09 Å². The normalized spacial score (nSPS) is 15.7. The minimum absolute atomic E-state index is 0.241. The summed E-state index contributed by atoms with van der Waals surface area (Å²) in [6.07, 6.45) is 0.678. The summed E-state index contributed by atoms with van der Waals surface area (Å²) in [5.41, 5.74) is 11.3. The molecule has 5 rings (SSSR count). The van der Waals surface area contributed by atoms with Crippen molar-refractivity contribution in [1.29, 1.82) is 0 Å². The molecule has 2 heterocycles. The lowest BCUT2D eigenvalue weighted by Crippen LogP contribution is -2.29. The average molecular weight is 460 g/mol. The van der Waals surface area contributed by atoms with Crippen LogP contribution in [0.5, 0.6) is 0 Å². The second-order valence-corrected chi connectivity index (χ2v) is 8.68. The molecule has 0 bridgehead atoms. The zero-order chi connectivity index (χ0) is 23.7. The van der Waals surface area contributed by atoms with Crippen molar-refractivity contribution >= 4 is 28.5 Å². The summed E-state index contributed by atoms with van der Waals surface area (Å²) in [5, 5.41) is 9.47. The van der Waals surface area contributed by atoms with Gasteiger partial charge in [0, 0.05) is 31.0 Å². The first-order chi connectivity index (χ1) is 16.5. The Hall–Kier alpha value is -4.07. The number of fused-ring (bicyclic) bond motifs is 1. The third kappa shape index (κ3) is 4.52. The monoisotopic (exact) mass is 459 g/mol. The van der Waals surface area contributed by atoms with E-state index in [9.17, 15) is 14.3 Å². The van der Waals surface area contributed by atoms with Crippen LogP contribution in [-0.2, 0) is 13.1 Å². The molecule has 3 aromatic carbocycles. The van der Waals surface area contributed by atoms with Crippen molar-refractivity contribution < 1.29 is 14.3 Å². The van der Waals surface area contributed by atoms with E-state index in [1.165, 1.54) is 17.0 Å². The fraction of sp³-hybridized carbons (Fsp3) is 0.231. The molecule has 1 aliphatic rings. The Kier molecular flexibility index (Phi) is 5.79. The molecule has 7 nitrogen and oxygen atoms in total. The predicted molar refractivity (Wildman–Crippen MR) is 130 cm³/mol. The number of aromatic nitrogens is 2. The first kappa shape index (κ1) is 21.8. The number of amides is 1. The van der Waals surface area contributed by atoms with E-state index in [1.54, 1.807) is 12.1 Å². The number of carbonyl (C=O) groups is 1. The topological polar surface area (TPSA) is 98.5 Å². The number of benzene rings is 3. The van der Waals surface area contributed by atoms with Gasteiger partial charge in [0.05, 0.1) is 17.1 Å². The van der Waals surface area contributed by atoms with Crippen LogP contribution in [0.2, 0.25) is 0 Å². The van der Waals surface area contributed by atoms with E-state index in [1.807, 2.05) is 42.5 Å². The molecule has 0 radical (unpaired) electrons. The molecule has 8 heteroatoms. The number of nitrogens with one attached hydrogen (secondary N) is 1. The quantitative estimate of drug-likeness (QED) is 0.340. The first-order valence-corrected chi connectivity index (χ1v) is 11.3. The largest absolute Gasteiger partial charge is 0.465 e. The highest BCUT2D eigenvalue weighted by Crippen LogP contribution is 2.32. The number of nitrogens with zero attached hydrogens (tertiary/aromatic N) is 3. The standard InChI is InChI=1S/C26H26FN5O2/c27-19-6-10-21(11-7-19)31(15-17-3-8-20(28)9-4-17)16-18-5-12-22-23(14-18)30-25(29-22)24-2-1-13-32(24)26(33)34/h3-12,14,24H,1-2,13,15-16,28H2,(H,29,30)(H,33,34). The number of likely N-dealkylation sites (tertiary alicyclic amines) is 1. The smallest absolute Gasteiger partial charge is 0.407 e. The Morgan fingerprint density at radius 3 is 2.53 bits per heavy atom. The van der Waals surface area contributed by atoms with Crippen molar-refractivity contribution in [3.05, 3.63) is 89.5 Å². The number of anilines is 2. The summed E-state index contributed by atoms with van der Waals surface area (Å²) in [4.78, 5) is 23.2. The van der Waals surface area contributed by atoms with Crippen LogP contribution in [0.15, 0.2) is 66.7 Å². The zero-order valence-electron chi connectivity index (χ0n) is 18.6. The van der Waals surface area contributed by atoms with Crippen molar-refractivity contribution in [1.82, 2.24) is 14.9 Å². The number of carboxylic acid groups (broad SMARTS) is 1. The Morgan fingerprint density at radius 1 is 1.09 bits per heavy atom. The highest BCUT2D eigenvalue weighted by atomic mass is 19.1. The number of nitrogen functional groups attached to an aromatic ring is 1. The molecule has 34 heavy (non-hydrogen) atoms. The van der Waals surface area contributed by atoms with Gasteiger partial charge in [-0.2, -0.15) is 0 Å². The van der Waals surface area contributed by atoms with E-state index in [-0.39, 0.29) is 11.9 Å². The Morgan fingerprint density at radius 2 is 1.79 bits per heavy atom. The van der Waals surface area contributed by atoms with Gasteiger partial charge in [-0.05, 0) is 72.5 Å². The van der Waals surface area contributed by atoms with Gasteiger partial charge in [-0.15, -0.1) is 0 Å². The molecule has 1 fully saturated rings. The van der Waals surface area contributed by atoms with Crippen LogP contribution in [0.1, 0.15) is 35.8 Å².